The van der Waals surface area contributed by atoms with Gasteiger partial charge >= 0.3 is 0 Å². The molecule has 17 heavy (non-hydrogen) atoms. The molecule has 4 heteroatoms. The van der Waals surface area contributed by atoms with Crippen LogP contribution >= 0.6 is 0 Å². The second-order valence-corrected chi connectivity index (χ2v) is 5.83. The van der Waals surface area contributed by atoms with Crippen LogP contribution in [-0.2, 0) is 4.79 Å². The van der Waals surface area contributed by atoms with Gasteiger partial charge in [-0.05, 0) is 46.2 Å². The molecular formula is C13H27N3O. The molecule has 0 aromatic heterocycles. The van der Waals surface area contributed by atoms with Crippen molar-refractivity contribution in [1.82, 2.24) is 10.2 Å². The maximum absolute atomic E-state index is 12.2. The number of amides is 1. The van der Waals surface area contributed by atoms with Crippen molar-refractivity contribution >= 4 is 5.91 Å². The molecule has 1 amide bonds. The van der Waals surface area contributed by atoms with Gasteiger partial charge in [0.15, 0.2) is 0 Å². The molecule has 0 saturated heterocycles. The topological polar surface area (TPSA) is 58.4 Å². The van der Waals surface area contributed by atoms with Gasteiger partial charge in [0.05, 0.1) is 0 Å². The van der Waals surface area contributed by atoms with E-state index in [1.807, 2.05) is 21.0 Å². The molecule has 0 heterocycles. The minimum atomic E-state index is 0.100. The van der Waals surface area contributed by atoms with Crippen LogP contribution in [-0.4, -0.2) is 43.5 Å². The lowest BCUT2D eigenvalue weighted by Gasteiger charge is -2.32. The molecule has 3 N–H and O–H groups in total. The smallest absolute Gasteiger partial charge is 0.223 e. The predicted octanol–water partition coefficient (Wildman–Crippen LogP) is 0.816. The molecule has 1 saturated carbocycles. The standard InChI is InChI=1S/C13H27N3O/c1-9-5-6-11(14)7-12(9)13(17)15-10(2)8-16(3)4/h9-12H,5-8,14H2,1-4H3,(H,15,17). The van der Waals surface area contributed by atoms with E-state index in [0.29, 0.717) is 5.92 Å². The van der Waals surface area contributed by atoms with Gasteiger partial charge in [0, 0.05) is 24.5 Å². The highest BCUT2D eigenvalue weighted by Gasteiger charge is 2.31. The summed E-state index contributed by atoms with van der Waals surface area (Å²) >= 11 is 0. The van der Waals surface area contributed by atoms with Gasteiger partial charge in [-0.15, -0.1) is 0 Å². The van der Waals surface area contributed by atoms with Gasteiger partial charge in [-0.1, -0.05) is 6.92 Å². The number of hydrogen-bond acceptors (Lipinski definition) is 3. The van der Waals surface area contributed by atoms with E-state index in [9.17, 15) is 4.79 Å². The fraction of sp³-hybridized carbons (Fsp3) is 0.923. The monoisotopic (exact) mass is 241 g/mol. The second-order valence-electron chi connectivity index (χ2n) is 5.83. The molecule has 0 radical (unpaired) electrons. The first-order valence-electron chi connectivity index (χ1n) is 6.60. The van der Waals surface area contributed by atoms with Crippen LogP contribution in [0.1, 0.15) is 33.1 Å². The quantitative estimate of drug-likeness (QED) is 0.766. The summed E-state index contributed by atoms with van der Waals surface area (Å²) in [6, 6.07) is 0.397. The largest absolute Gasteiger partial charge is 0.352 e. The van der Waals surface area contributed by atoms with Crippen LogP contribution in [0.3, 0.4) is 0 Å². The van der Waals surface area contributed by atoms with Gasteiger partial charge in [0.1, 0.15) is 0 Å². The number of rotatable bonds is 4. The molecule has 0 bridgehead atoms. The van der Waals surface area contributed by atoms with Gasteiger partial charge in [-0.3, -0.25) is 4.79 Å². The molecule has 4 atom stereocenters. The average Bonchev–Trinajstić information content (AvgIpc) is 2.20. The molecule has 1 aliphatic carbocycles. The third-order valence-electron chi connectivity index (χ3n) is 3.60. The van der Waals surface area contributed by atoms with Crippen LogP contribution in [0.2, 0.25) is 0 Å². The summed E-state index contributed by atoms with van der Waals surface area (Å²) in [6.45, 7) is 5.08. The lowest BCUT2D eigenvalue weighted by molar-refractivity contribution is -0.128. The van der Waals surface area contributed by atoms with Gasteiger partial charge in [-0.2, -0.15) is 0 Å². The van der Waals surface area contributed by atoms with Crippen LogP contribution in [0.15, 0.2) is 0 Å². The third-order valence-corrected chi connectivity index (χ3v) is 3.60. The van der Waals surface area contributed by atoms with E-state index < -0.39 is 0 Å². The maximum atomic E-state index is 12.2. The van der Waals surface area contributed by atoms with Crippen LogP contribution in [0, 0.1) is 11.8 Å². The van der Waals surface area contributed by atoms with Gasteiger partial charge in [0.2, 0.25) is 5.91 Å². The van der Waals surface area contributed by atoms with E-state index in [1.165, 1.54) is 0 Å². The molecule has 1 aliphatic rings. The summed E-state index contributed by atoms with van der Waals surface area (Å²) in [5.41, 5.74) is 5.95. The molecule has 0 spiro atoms. The fourth-order valence-electron chi connectivity index (χ4n) is 2.66. The van der Waals surface area contributed by atoms with E-state index in [4.69, 9.17) is 5.73 Å². The highest BCUT2D eigenvalue weighted by Crippen LogP contribution is 2.29. The lowest BCUT2D eigenvalue weighted by atomic mass is 9.77. The van der Waals surface area contributed by atoms with Crippen LogP contribution in [0.4, 0.5) is 0 Å². The molecule has 0 aliphatic heterocycles. The SMILES string of the molecule is CC(CN(C)C)NC(=O)C1CC(N)CCC1C. The number of hydrogen-bond donors (Lipinski definition) is 2. The Hall–Kier alpha value is -0.610. The Morgan fingerprint density at radius 2 is 2.12 bits per heavy atom. The van der Waals surface area contributed by atoms with Crippen molar-refractivity contribution in [3.05, 3.63) is 0 Å². The number of nitrogens with two attached hydrogens (primary N) is 1. The Labute approximate surface area is 105 Å². The van der Waals surface area contributed by atoms with Gasteiger partial charge in [-0.25, -0.2) is 0 Å². The molecule has 1 rings (SSSR count). The highest BCUT2D eigenvalue weighted by molar-refractivity contribution is 5.79. The average molecular weight is 241 g/mol. The molecule has 4 nitrogen and oxygen atoms in total. The Bertz CT molecular complexity index is 255. The van der Waals surface area contributed by atoms with Crippen molar-refractivity contribution in [2.45, 2.75) is 45.2 Å². The van der Waals surface area contributed by atoms with E-state index in [-0.39, 0.29) is 23.9 Å². The number of carbonyl (C=O) groups excluding carboxylic acids is 1. The van der Waals surface area contributed by atoms with Crippen LogP contribution < -0.4 is 11.1 Å². The summed E-state index contributed by atoms with van der Waals surface area (Å²) in [7, 11) is 4.03. The Kier molecular flexibility index (Phi) is 5.40. The first kappa shape index (κ1) is 14.5. The summed E-state index contributed by atoms with van der Waals surface area (Å²) in [6.07, 6.45) is 2.96. The zero-order valence-corrected chi connectivity index (χ0v) is 11.6. The molecule has 100 valence electrons. The number of carbonyl (C=O) groups is 1. The van der Waals surface area contributed by atoms with Gasteiger partial charge < -0.3 is 16.0 Å². The van der Waals surface area contributed by atoms with Gasteiger partial charge in [0.25, 0.3) is 0 Å². The van der Waals surface area contributed by atoms with E-state index in [2.05, 4.69) is 17.1 Å². The summed E-state index contributed by atoms with van der Waals surface area (Å²) in [5.74, 6) is 0.742. The normalized spacial score (nSPS) is 31.3. The van der Waals surface area contributed by atoms with E-state index in [1.54, 1.807) is 0 Å². The lowest BCUT2D eigenvalue weighted by Crippen LogP contribution is -2.46. The first-order valence-corrected chi connectivity index (χ1v) is 6.60. The molecule has 0 aromatic carbocycles. The maximum Gasteiger partial charge on any atom is 0.223 e. The van der Waals surface area contributed by atoms with Crippen molar-refractivity contribution in [3.63, 3.8) is 0 Å². The minimum Gasteiger partial charge on any atom is -0.352 e. The predicted molar refractivity (Wildman–Crippen MR) is 70.6 cm³/mol. The molecular weight excluding hydrogens is 214 g/mol. The second kappa shape index (κ2) is 6.36. The molecule has 0 aromatic rings. The summed E-state index contributed by atoms with van der Waals surface area (Å²) in [5, 5.41) is 3.10. The summed E-state index contributed by atoms with van der Waals surface area (Å²) < 4.78 is 0. The van der Waals surface area contributed by atoms with Crippen molar-refractivity contribution < 1.29 is 4.79 Å². The zero-order chi connectivity index (χ0) is 13.0. The number of nitrogens with zero attached hydrogens (tertiary/aromatic N) is 1. The molecule has 4 unspecified atom stereocenters. The van der Waals surface area contributed by atoms with Crippen molar-refractivity contribution in [2.24, 2.45) is 17.6 Å². The first-order chi connectivity index (χ1) is 7.90. The number of nitrogens with one attached hydrogen (secondary N) is 1. The Morgan fingerprint density at radius 3 is 2.71 bits per heavy atom. The van der Waals surface area contributed by atoms with Crippen LogP contribution in [0.25, 0.3) is 0 Å². The highest BCUT2D eigenvalue weighted by atomic mass is 16.2. The van der Waals surface area contributed by atoms with Crippen LogP contribution in [0.5, 0.6) is 0 Å². The van der Waals surface area contributed by atoms with Crippen molar-refractivity contribution in [2.75, 3.05) is 20.6 Å². The minimum absolute atomic E-state index is 0.100. The third kappa shape index (κ3) is 4.64. The van der Waals surface area contributed by atoms with E-state index in [0.717, 1.165) is 25.8 Å². The molecule has 1 fully saturated rings. The van der Waals surface area contributed by atoms with Crippen molar-refractivity contribution in [1.29, 1.82) is 0 Å². The fourth-order valence-corrected chi connectivity index (χ4v) is 2.66. The van der Waals surface area contributed by atoms with E-state index >= 15 is 0 Å². The summed E-state index contributed by atoms with van der Waals surface area (Å²) in [4.78, 5) is 14.2. The Balaban J connectivity index is 2.45. The Morgan fingerprint density at radius 1 is 1.47 bits per heavy atom. The van der Waals surface area contributed by atoms with Crippen molar-refractivity contribution in [3.8, 4) is 0 Å². The number of likely N-dealkylation sites (N-methyl/N-ethyl adjacent to an activating group) is 1. The zero-order valence-electron chi connectivity index (χ0n) is 11.6.